The zero-order valence-corrected chi connectivity index (χ0v) is 13.8. The molecule has 0 radical (unpaired) electrons. The van der Waals surface area contributed by atoms with E-state index in [1.165, 1.54) is 6.07 Å². The van der Waals surface area contributed by atoms with Gasteiger partial charge in [-0.1, -0.05) is 17.7 Å². The summed E-state index contributed by atoms with van der Waals surface area (Å²) in [5.74, 6) is -0.598. The summed E-state index contributed by atoms with van der Waals surface area (Å²) in [6.07, 6.45) is -1.47. The van der Waals surface area contributed by atoms with Crippen molar-refractivity contribution in [2.45, 2.75) is 32.1 Å². The zero-order chi connectivity index (χ0) is 14.9. The van der Waals surface area contributed by atoms with Crippen LogP contribution in [0.2, 0.25) is 5.02 Å². The van der Waals surface area contributed by atoms with E-state index in [0.29, 0.717) is 23.7 Å². The second kappa shape index (κ2) is 6.71. The minimum absolute atomic E-state index is 0.0157. The van der Waals surface area contributed by atoms with Gasteiger partial charge in [0.2, 0.25) is 0 Å². The largest absolute Gasteiger partial charge is 0.386 e. The molecule has 0 aliphatic carbocycles. The predicted octanol–water partition coefficient (Wildman–Crippen LogP) is 3.38. The lowest BCUT2D eigenvalue weighted by atomic mass is 10.0. The third-order valence-corrected chi connectivity index (χ3v) is 4.85. The van der Waals surface area contributed by atoms with Crippen LogP contribution in [0.4, 0.5) is 4.39 Å². The molecule has 0 spiro atoms. The molecule has 1 fully saturated rings. The Morgan fingerprint density at radius 2 is 2.20 bits per heavy atom. The third-order valence-electron chi connectivity index (χ3n) is 3.59. The van der Waals surface area contributed by atoms with Gasteiger partial charge in [-0.15, -0.1) is 0 Å². The van der Waals surface area contributed by atoms with E-state index in [2.05, 4.69) is 34.7 Å². The van der Waals surface area contributed by atoms with Crippen molar-refractivity contribution in [3.63, 3.8) is 0 Å². The highest BCUT2D eigenvalue weighted by atomic mass is 79.9. The standard InChI is InChI=1S/C14H18BrClFNO2/c1-8(2)18-5-6-20-11(7-18)14(19)9-3-4-10(15)12(16)13(9)17/h3-4,8,11,14,19H,5-7H2,1-2H3. The highest BCUT2D eigenvalue weighted by Crippen LogP contribution is 2.32. The first kappa shape index (κ1) is 16.2. The second-order valence-electron chi connectivity index (χ2n) is 5.21. The van der Waals surface area contributed by atoms with Gasteiger partial charge in [0.15, 0.2) is 0 Å². The molecular formula is C14H18BrClFNO2. The van der Waals surface area contributed by atoms with Gasteiger partial charge in [0.25, 0.3) is 0 Å². The van der Waals surface area contributed by atoms with Crippen molar-refractivity contribution >= 4 is 27.5 Å². The van der Waals surface area contributed by atoms with Crippen LogP contribution in [-0.2, 0) is 4.74 Å². The molecule has 0 aromatic heterocycles. The molecule has 2 rings (SSSR count). The molecule has 0 saturated carbocycles. The number of hydrogen-bond acceptors (Lipinski definition) is 3. The lowest BCUT2D eigenvalue weighted by Gasteiger charge is -2.37. The molecule has 112 valence electrons. The predicted molar refractivity (Wildman–Crippen MR) is 80.5 cm³/mol. The minimum Gasteiger partial charge on any atom is -0.386 e. The number of hydrogen-bond donors (Lipinski definition) is 1. The fourth-order valence-electron chi connectivity index (χ4n) is 2.33. The van der Waals surface area contributed by atoms with Crippen LogP contribution in [0, 0.1) is 5.82 Å². The van der Waals surface area contributed by atoms with Crippen molar-refractivity contribution in [3.05, 3.63) is 33.0 Å². The van der Waals surface area contributed by atoms with E-state index in [4.69, 9.17) is 16.3 Å². The first-order chi connectivity index (χ1) is 9.41. The van der Waals surface area contributed by atoms with E-state index in [1.54, 1.807) is 6.07 Å². The van der Waals surface area contributed by atoms with Gasteiger partial charge in [-0.3, -0.25) is 4.90 Å². The van der Waals surface area contributed by atoms with Crippen LogP contribution in [-0.4, -0.2) is 41.8 Å². The van der Waals surface area contributed by atoms with Crippen molar-refractivity contribution in [3.8, 4) is 0 Å². The van der Waals surface area contributed by atoms with Crippen molar-refractivity contribution in [1.29, 1.82) is 0 Å². The Morgan fingerprint density at radius 1 is 1.50 bits per heavy atom. The summed E-state index contributed by atoms with van der Waals surface area (Å²) in [6, 6.07) is 3.53. The van der Waals surface area contributed by atoms with Crippen LogP contribution in [0.5, 0.6) is 0 Å². The van der Waals surface area contributed by atoms with Crippen molar-refractivity contribution in [1.82, 2.24) is 4.90 Å². The number of benzene rings is 1. The Bertz CT molecular complexity index is 486. The average molecular weight is 367 g/mol. The Kier molecular flexibility index (Phi) is 5.42. The lowest BCUT2D eigenvalue weighted by molar-refractivity contribution is -0.0969. The van der Waals surface area contributed by atoms with E-state index in [0.717, 1.165) is 6.54 Å². The molecule has 1 saturated heterocycles. The molecule has 0 bridgehead atoms. The highest BCUT2D eigenvalue weighted by Gasteiger charge is 2.31. The summed E-state index contributed by atoms with van der Waals surface area (Å²) in [5, 5.41) is 10.4. The van der Waals surface area contributed by atoms with Crippen LogP contribution in [0.25, 0.3) is 0 Å². The molecule has 3 nitrogen and oxygen atoms in total. The van der Waals surface area contributed by atoms with Gasteiger partial charge in [-0.05, 0) is 35.8 Å². The molecule has 1 aromatic carbocycles. The third kappa shape index (κ3) is 3.34. The summed E-state index contributed by atoms with van der Waals surface area (Å²) in [4.78, 5) is 2.20. The molecule has 2 unspecified atom stereocenters. The Hall–Kier alpha value is -0.200. The molecule has 2 atom stereocenters. The Morgan fingerprint density at radius 3 is 2.85 bits per heavy atom. The van der Waals surface area contributed by atoms with Gasteiger partial charge < -0.3 is 9.84 Å². The molecule has 1 N–H and O–H groups in total. The topological polar surface area (TPSA) is 32.7 Å². The first-order valence-electron chi connectivity index (χ1n) is 6.59. The number of ether oxygens (including phenoxy) is 1. The molecule has 0 amide bonds. The van der Waals surface area contributed by atoms with Gasteiger partial charge >= 0.3 is 0 Å². The fraction of sp³-hybridized carbons (Fsp3) is 0.571. The summed E-state index contributed by atoms with van der Waals surface area (Å²) in [7, 11) is 0. The average Bonchev–Trinajstić information content (AvgIpc) is 2.44. The van der Waals surface area contributed by atoms with Crippen LogP contribution < -0.4 is 0 Å². The van der Waals surface area contributed by atoms with Gasteiger partial charge in [-0.2, -0.15) is 0 Å². The number of morpholine rings is 1. The van der Waals surface area contributed by atoms with E-state index in [-0.39, 0.29) is 10.6 Å². The summed E-state index contributed by atoms with van der Waals surface area (Å²) in [6.45, 7) is 6.11. The van der Waals surface area contributed by atoms with Crippen molar-refractivity contribution in [2.75, 3.05) is 19.7 Å². The van der Waals surface area contributed by atoms with Crippen LogP contribution in [0.3, 0.4) is 0 Å². The van der Waals surface area contributed by atoms with Gasteiger partial charge in [0.1, 0.15) is 18.0 Å². The number of nitrogens with zero attached hydrogens (tertiary/aromatic N) is 1. The monoisotopic (exact) mass is 365 g/mol. The van der Waals surface area contributed by atoms with E-state index in [9.17, 15) is 9.50 Å². The highest BCUT2D eigenvalue weighted by molar-refractivity contribution is 9.10. The molecule has 1 heterocycles. The number of aliphatic hydroxyl groups is 1. The summed E-state index contributed by atoms with van der Waals surface area (Å²) < 4.78 is 20.2. The summed E-state index contributed by atoms with van der Waals surface area (Å²) in [5.41, 5.74) is 0.175. The molecule has 6 heteroatoms. The normalized spacial score (nSPS) is 22.2. The van der Waals surface area contributed by atoms with Crippen LogP contribution in [0.15, 0.2) is 16.6 Å². The molecule has 20 heavy (non-hydrogen) atoms. The summed E-state index contributed by atoms with van der Waals surface area (Å²) >= 11 is 9.02. The quantitative estimate of drug-likeness (QED) is 0.833. The molecule has 1 aliphatic rings. The second-order valence-corrected chi connectivity index (χ2v) is 6.44. The lowest BCUT2D eigenvalue weighted by Crippen LogP contribution is -2.47. The van der Waals surface area contributed by atoms with Gasteiger partial charge in [0.05, 0.1) is 11.6 Å². The molecular weight excluding hydrogens is 349 g/mol. The maximum atomic E-state index is 14.1. The fourth-order valence-corrected chi connectivity index (χ4v) is 2.80. The van der Waals surface area contributed by atoms with Gasteiger partial charge in [0, 0.05) is 29.2 Å². The number of rotatable bonds is 3. The maximum Gasteiger partial charge on any atom is 0.148 e. The molecule has 1 aromatic rings. The Labute approximate surface area is 131 Å². The van der Waals surface area contributed by atoms with E-state index in [1.807, 2.05) is 0 Å². The smallest absolute Gasteiger partial charge is 0.148 e. The van der Waals surface area contributed by atoms with Gasteiger partial charge in [-0.25, -0.2) is 4.39 Å². The maximum absolute atomic E-state index is 14.1. The van der Waals surface area contributed by atoms with Crippen molar-refractivity contribution in [2.24, 2.45) is 0 Å². The number of aliphatic hydroxyl groups excluding tert-OH is 1. The van der Waals surface area contributed by atoms with E-state index < -0.39 is 18.0 Å². The zero-order valence-electron chi connectivity index (χ0n) is 11.4. The molecule has 1 aliphatic heterocycles. The van der Waals surface area contributed by atoms with Crippen molar-refractivity contribution < 1.29 is 14.2 Å². The number of halogens is 3. The van der Waals surface area contributed by atoms with Crippen LogP contribution >= 0.6 is 27.5 Å². The van der Waals surface area contributed by atoms with E-state index >= 15 is 0 Å². The Balaban J connectivity index is 2.19. The SMILES string of the molecule is CC(C)N1CCOC(C(O)c2ccc(Br)c(Cl)c2F)C1. The van der Waals surface area contributed by atoms with Crippen LogP contribution in [0.1, 0.15) is 25.5 Å². The minimum atomic E-state index is -1.03. The first-order valence-corrected chi connectivity index (χ1v) is 7.76.